The van der Waals surface area contributed by atoms with Gasteiger partial charge in [0.1, 0.15) is 0 Å². The van der Waals surface area contributed by atoms with Crippen LogP contribution in [-0.2, 0) is 9.59 Å². The topological polar surface area (TPSA) is 89.9 Å². The normalized spacial score (nSPS) is 22.0. The van der Waals surface area contributed by atoms with Crippen LogP contribution in [0.25, 0.3) is 10.1 Å². The number of hydrogen-bond donors (Lipinski definition) is 3. The Hall–Kier alpha value is -2.38. The summed E-state index contributed by atoms with van der Waals surface area (Å²) in [6, 6.07) is 8.97. The lowest BCUT2D eigenvalue weighted by molar-refractivity contribution is -0.134. The molecule has 2 aliphatic heterocycles. The Balaban J connectivity index is 0.000000197. The minimum atomic E-state index is -1.26. The van der Waals surface area contributed by atoms with Gasteiger partial charge in [-0.3, -0.25) is 0 Å². The quantitative estimate of drug-likeness (QED) is 0.728. The van der Waals surface area contributed by atoms with Gasteiger partial charge in [0.25, 0.3) is 0 Å². The van der Waals surface area contributed by atoms with Gasteiger partial charge in [-0.15, -0.1) is 11.3 Å². The Morgan fingerprint density at radius 3 is 2.32 bits per heavy atom. The van der Waals surface area contributed by atoms with E-state index in [4.69, 9.17) is 10.2 Å². The fourth-order valence-corrected chi connectivity index (χ4v) is 4.26. The SMILES string of the molecule is O=C(O)/C=C\C(=O)O.c1cc(N2CC3CNCC3C2)c2ccsc2c1. The first-order valence-corrected chi connectivity index (χ1v) is 8.98. The van der Waals surface area contributed by atoms with E-state index >= 15 is 0 Å². The average Bonchev–Trinajstić information content (AvgIpc) is 3.28. The molecule has 0 radical (unpaired) electrons. The monoisotopic (exact) mass is 360 g/mol. The van der Waals surface area contributed by atoms with Crippen LogP contribution in [0.1, 0.15) is 0 Å². The van der Waals surface area contributed by atoms with Crippen LogP contribution < -0.4 is 10.2 Å². The molecular formula is C18H20N2O4S. The number of carbonyl (C=O) groups is 2. The minimum Gasteiger partial charge on any atom is -0.478 e. The minimum absolute atomic E-state index is 0.558. The summed E-state index contributed by atoms with van der Waals surface area (Å²) in [5, 5.41) is 22.8. The molecule has 0 saturated carbocycles. The maximum absolute atomic E-state index is 9.55. The van der Waals surface area contributed by atoms with E-state index in [0.717, 1.165) is 11.8 Å². The van der Waals surface area contributed by atoms with E-state index in [-0.39, 0.29) is 0 Å². The highest BCUT2D eigenvalue weighted by Gasteiger charge is 2.36. The predicted molar refractivity (Wildman–Crippen MR) is 98.3 cm³/mol. The number of carboxylic acid groups (broad SMARTS) is 2. The fourth-order valence-electron chi connectivity index (χ4n) is 3.45. The molecule has 4 rings (SSSR count). The third-order valence-corrected chi connectivity index (χ3v) is 5.45. The van der Waals surface area contributed by atoms with Crippen molar-refractivity contribution >= 4 is 39.0 Å². The Morgan fingerprint density at radius 2 is 1.72 bits per heavy atom. The van der Waals surface area contributed by atoms with Gasteiger partial charge in [0.05, 0.1) is 0 Å². The van der Waals surface area contributed by atoms with E-state index < -0.39 is 11.9 Å². The van der Waals surface area contributed by atoms with E-state index in [1.807, 2.05) is 11.3 Å². The zero-order valence-corrected chi connectivity index (χ0v) is 14.4. The van der Waals surface area contributed by atoms with Gasteiger partial charge in [-0.25, -0.2) is 9.59 Å². The highest BCUT2D eigenvalue weighted by molar-refractivity contribution is 7.17. The number of thiophene rings is 1. The van der Waals surface area contributed by atoms with Gasteiger partial charge < -0.3 is 20.4 Å². The van der Waals surface area contributed by atoms with Crippen molar-refractivity contribution in [3.05, 3.63) is 41.8 Å². The van der Waals surface area contributed by atoms with Crippen LogP contribution in [0, 0.1) is 11.8 Å². The third kappa shape index (κ3) is 4.18. The lowest BCUT2D eigenvalue weighted by Crippen LogP contribution is -2.25. The standard InChI is InChI=1S/C14H16N2S.C4H4O4/c1-2-13(12-4-5-17-14(12)3-1)16-8-10-6-15-7-11(10)9-16;5-3(6)1-2-4(7)8/h1-5,10-11,15H,6-9H2;1-2H,(H,5,6)(H,7,8)/b;2-1-. The van der Waals surface area contributed by atoms with Crippen LogP contribution in [-0.4, -0.2) is 48.3 Å². The van der Waals surface area contributed by atoms with Crippen LogP contribution in [0.15, 0.2) is 41.8 Å². The highest BCUT2D eigenvalue weighted by atomic mass is 32.1. The molecule has 6 nitrogen and oxygen atoms in total. The summed E-state index contributed by atoms with van der Waals surface area (Å²) in [5.74, 6) is -0.785. The number of rotatable bonds is 3. The lowest BCUT2D eigenvalue weighted by atomic mass is 10.0. The summed E-state index contributed by atoms with van der Waals surface area (Å²) < 4.78 is 1.41. The number of hydrogen-bond acceptors (Lipinski definition) is 5. The van der Waals surface area contributed by atoms with Gasteiger partial charge in [-0.2, -0.15) is 0 Å². The molecule has 0 spiro atoms. The molecule has 2 aromatic rings. The van der Waals surface area contributed by atoms with Crippen LogP contribution in [0.4, 0.5) is 5.69 Å². The fraction of sp³-hybridized carbons (Fsp3) is 0.333. The Bertz CT molecular complexity index is 773. The smallest absolute Gasteiger partial charge is 0.328 e. The van der Waals surface area contributed by atoms with Crippen molar-refractivity contribution in [2.24, 2.45) is 11.8 Å². The number of anilines is 1. The summed E-state index contributed by atoms with van der Waals surface area (Å²) >= 11 is 1.84. The molecule has 2 atom stereocenters. The number of fused-ring (bicyclic) bond motifs is 2. The van der Waals surface area contributed by atoms with Gasteiger partial charge in [0.15, 0.2) is 0 Å². The average molecular weight is 360 g/mol. The zero-order chi connectivity index (χ0) is 17.8. The molecule has 25 heavy (non-hydrogen) atoms. The first-order chi connectivity index (χ1) is 12.0. The van der Waals surface area contributed by atoms with Crippen LogP contribution in [0.2, 0.25) is 0 Å². The molecule has 0 bridgehead atoms. The molecule has 0 aliphatic carbocycles. The molecule has 132 valence electrons. The maximum Gasteiger partial charge on any atom is 0.328 e. The van der Waals surface area contributed by atoms with Gasteiger partial charge in [-0.1, -0.05) is 6.07 Å². The Kier molecular flexibility index (Phi) is 5.35. The molecule has 1 aromatic heterocycles. The van der Waals surface area contributed by atoms with Crippen molar-refractivity contribution in [3.63, 3.8) is 0 Å². The van der Waals surface area contributed by atoms with Crippen molar-refractivity contribution in [2.75, 3.05) is 31.1 Å². The van der Waals surface area contributed by atoms with Gasteiger partial charge in [0.2, 0.25) is 0 Å². The third-order valence-electron chi connectivity index (χ3n) is 4.57. The van der Waals surface area contributed by atoms with Crippen molar-refractivity contribution < 1.29 is 19.8 Å². The second kappa shape index (κ2) is 7.67. The molecule has 1 aromatic carbocycles. The maximum atomic E-state index is 9.55. The lowest BCUT2D eigenvalue weighted by Gasteiger charge is -2.20. The number of carboxylic acids is 2. The second-order valence-corrected chi connectivity index (χ2v) is 7.15. The number of nitrogens with zero attached hydrogens (tertiary/aromatic N) is 1. The first-order valence-electron chi connectivity index (χ1n) is 8.10. The molecule has 2 aliphatic rings. The van der Waals surface area contributed by atoms with E-state index in [9.17, 15) is 9.59 Å². The van der Waals surface area contributed by atoms with Gasteiger partial charge in [-0.05, 0) is 35.4 Å². The summed E-state index contributed by atoms with van der Waals surface area (Å²) in [5.41, 5.74) is 1.44. The second-order valence-electron chi connectivity index (χ2n) is 6.20. The highest BCUT2D eigenvalue weighted by Crippen LogP contribution is 2.36. The van der Waals surface area contributed by atoms with E-state index in [2.05, 4.69) is 39.9 Å². The number of aliphatic carboxylic acids is 2. The van der Waals surface area contributed by atoms with Gasteiger partial charge >= 0.3 is 11.9 Å². The summed E-state index contributed by atoms with van der Waals surface area (Å²) in [4.78, 5) is 21.7. The van der Waals surface area contributed by atoms with E-state index in [1.54, 1.807) is 0 Å². The Morgan fingerprint density at radius 1 is 1.08 bits per heavy atom. The van der Waals surface area contributed by atoms with Crippen molar-refractivity contribution in [1.82, 2.24) is 5.32 Å². The van der Waals surface area contributed by atoms with E-state index in [1.165, 1.54) is 42.0 Å². The molecule has 2 unspecified atom stereocenters. The van der Waals surface area contributed by atoms with Crippen molar-refractivity contribution in [2.45, 2.75) is 0 Å². The number of nitrogens with one attached hydrogen (secondary N) is 1. The van der Waals surface area contributed by atoms with Crippen molar-refractivity contribution in [3.8, 4) is 0 Å². The molecule has 2 fully saturated rings. The first kappa shape index (κ1) is 17.4. The largest absolute Gasteiger partial charge is 0.478 e. The van der Waals surface area contributed by atoms with E-state index in [0.29, 0.717) is 12.2 Å². The van der Waals surface area contributed by atoms with Crippen molar-refractivity contribution in [1.29, 1.82) is 0 Å². The summed E-state index contributed by atoms with van der Waals surface area (Å²) in [6.07, 6.45) is 1.12. The van der Waals surface area contributed by atoms with Crippen LogP contribution >= 0.6 is 11.3 Å². The van der Waals surface area contributed by atoms with Gasteiger partial charge in [0, 0.05) is 54.1 Å². The predicted octanol–water partition coefficient (Wildman–Crippen LogP) is 2.27. The Labute approximate surface area is 149 Å². The van der Waals surface area contributed by atoms with Crippen LogP contribution in [0.5, 0.6) is 0 Å². The zero-order valence-electron chi connectivity index (χ0n) is 13.6. The molecule has 2 saturated heterocycles. The molecular weight excluding hydrogens is 340 g/mol. The molecule has 7 heteroatoms. The molecule has 3 N–H and O–H groups in total. The molecule has 0 amide bonds. The number of benzene rings is 1. The summed E-state index contributed by atoms with van der Waals surface area (Å²) in [7, 11) is 0. The summed E-state index contributed by atoms with van der Waals surface area (Å²) in [6.45, 7) is 4.88. The van der Waals surface area contributed by atoms with Crippen LogP contribution in [0.3, 0.4) is 0 Å². The molecule has 3 heterocycles.